The number of aromatic nitrogens is 2. The van der Waals surface area contributed by atoms with E-state index in [0.29, 0.717) is 12.8 Å². The fourth-order valence-electron chi connectivity index (χ4n) is 5.86. The number of carbonyl (C=O) groups is 1. The monoisotopic (exact) mass is 482 g/mol. The third kappa shape index (κ3) is 3.31. The van der Waals surface area contributed by atoms with E-state index in [1.54, 1.807) is 29.2 Å². The van der Waals surface area contributed by atoms with Crippen molar-refractivity contribution in [3.05, 3.63) is 95.2 Å². The summed E-state index contributed by atoms with van der Waals surface area (Å²) in [7, 11) is 0. The van der Waals surface area contributed by atoms with E-state index in [2.05, 4.69) is 45.0 Å². The van der Waals surface area contributed by atoms with Crippen LogP contribution in [0.25, 0.3) is 16.9 Å². The van der Waals surface area contributed by atoms with E-state index in [1.807, 2.05) is 32.0 Å². The second kappa shape index (κ2) is 7.98. The van der Waals surface area contributed by atoms with Gasteiger partial charge < -0.3 is 10.6 Å². The van der Waals surface area contributed by atoms with E-state index in [-0.39, 0.29) is 23.4 Å². The van der Waals surface area contributed by atoms with Crippen molar-refractivity contribution in [2.75, 3.05) is 0 Å². The predicted molar refractivity (Wildman–Crippen MR) is 135 cm³/mol. The van der Waals surface area contributed by atoms with Gasteiger partial charge in [-0.05, 0) is 62.2 Å². The summed E-state index contributed by atoms with van der Waals surface area (Å²) in [5.41, 5.74) is 5.20. The maximum absolute atomic E-state index is 13.6. The van der Waals surface area contributed by atoms with Crippen molar-refractivity contribution >= 4 is 5.91 Å². The summed E-state index contributed by atoms with van der Waals surface area (Å²) < 4.78 is 15.3. The molecule has 0 saturated heterocycles. The van der Waals surface area contributed by atoms with Gasteiger partial charge in [-0.2, -0.15) is 15.3 Å². The van der Waals surface area contributed by atoms with Gasteiger partial charge in [0.1, 0.15) is 5.82 Å². The molecule has 0 aliphatic carbocycles. The Bertz CT molecular complexity index is 1470. The zero-order valence-corrected chi connectivity index (χ0v) is 20.4. The molecular weight excluding hydrogens is 455 g/mol. The Hall–Kier alpha value is -4.07. The summed E-state index contributed by atoms with van der Waals surface area (Å²) >= 11 is 0. The quantitative estimate of drug-likeness (QED) is 0.539. The van der Waals surface area contributed by atoms with Crippen molar-refractivity contribution in [1.82, 2.24) is 20.4 Å². The number of carbonyl (C=O) groups excluding carboxylic acids is 1. The van der Waals surface area contributed by atoms with Crippen LogP contribution in [0.3, 0.4) is 0 Å². The van der Waals surface area contributed by atoms with Crippen molar-refractivity contribution in [1.29, 1.82) is 0 Å². The van der Waals surface area contributed by atoms with E-state index in [9.17, 15) is 9.18 Å². The topological polar surface area (TPSA) is 83.7 Å². The first-order valence-electron chi connectivity index (χ1n) is 12.2. The minimum absolute atomic E-state index is 0.0661. The summed E-state index contributed by atoms with van der Waals surface area (Å²) in [5, 5.41) is 19.9. The van der Waals surface area contributed by atoms with Gasteiger partial charge in [0.15, 0.2) is 6.17 Å². The van der Waals surface area contributed by atoms with E-state index >= 15 is 0 Å². The lowest BCUT2D eigenvalue weighted by Crippen LogP contribution is -2.58. The third-order valence-electron chi connectivity index (χ3n) is 7.40. The van der Waals surface area contributed by atoms with Crippen LogP contribution in [0, 0.1) is 5.82 Å². The molecule has 6 rings (SSSR count). The first-order valence-corrected chi connectivity index (χ1v) is 12.2. The summed E-state index contributed by atoms with van der Waals surface area (Å²) in [6.45, 7) is 6.17. The van der Waals surface area contributed by atoms with E-state index in [4.69, 9.17) is 0 Å². The molecule has 0 saturated carbocycles. The molecule has 8 heteroatoms. The third-order valence-corrected chi connectivity index (χ3v) is 7.40. The Morgan fingerprint density at radius 2 is 1.94 bits per heavy atom. The molecule has 7 nitrogen and oxygen atoms in total. The Morgan fingerprint density at radius 1 is 1.14 bits per heavy atom. The van der Waals surface area contributed by atoms with Crippen LogP contribution in [-0.2, 0) is 10.2 Å². The average molecular weight is 483 g/mol. The Morgan fingerprint density at radius 3 is 2.72 bits per heavy atom. The number of hydrogen-bond acceptors (Lipinski definition) is 5. The molecule has 1 aromatic heterocycles. The van der Waals surface area contributed by atoms with Crippen LogP contribution >= 0.6 is 0 Å². The lowest BCUT2D eigenvalue weighted by Gasteiger charge is -2.48. The van der Waals surface area contributed by atoms with Gasteiger partial charge in [-0.1, -0.05) is 25.1 Å². The SMILES string of the molecule is CC[C@]1(c2cccc(-c3ccnn3-c3ccc(F)cc3)c2)C2=CN=NC2NC2=C1C(=O)NC(C)(C)C2. The molecular formula is C28H27FN6O. The molecule has 1 unspecified atom stereocenters. The van der Waals surface area contributed by atoms with Crippen molar-refractivity contribution in [3.63, 3.8) is 0 Å². The van der Waals surface area contributed by atoms with Gasteiger partial charge in [-0.3, -0.25) is 4.79 Å². The Balaban J connectivity index is 1.52. The van der Waals surface area contributed by atoms with Crippen LogP contribution in [0.5, 0.6) is 0 Å². The second-order valence-electron chi connectivity index (χ2n) is 10.2. The number of halogens is 1. The molecule has 2 atom stereocenters. The van der Waals surface area contributed by atoms with Gasteiger partial charge in [0.25, 0.3) is 5.91 Å². The normalized spacial score (nSPS) is 24.1. The van der Waals surface area contributed by atoms with Crippen LogP contribution in [0.1, 0.15) is 39.2 Å². The molecule has 2 N–H and O–H groups in total. The average Bonchev–Trinajstić information content (AvgIpc) is 3.52. The lowest BCUT2D eigenvalue weighted by atomic mass is 9.62. The lowest BCUT2D eigenvalue weighted by molar-refractivity contribution is -0.120. The van der Waals surface area contributed by atoms with Gasteiger partial charge in [0.05, 0.1) is 34.8 Å². The molecule has 0 fully saturated rings. The number of benzene rings is 2. The standard InChI is InChI=1S/C28H27FN6O/c1-4-28(21-16-30-34-25(21)32-22-15-27(2,3)33-26(36)24(22)28)18-7-5-6-17(14-18)23-12-13-31-35(23)20-10-8-19(29)9-11-20/h5-14,16,25,32H,4,15H2,1-3H3,(H,33,36)/t25?,28-/m0/s1. The number of amides is 1. The molecule has 3 aliphatic heterocycles. The molecule has 36 heavy (non-hydrogen) atoms. The van der Waals surface area contributed by atoms with Crippen molar-refractivity contribution in [2.24, 2.45) is 10.2 Å². The highest BCUT2D eigenvalue weighted by Crippen LogP contribution is 2.51. The molecule has 4 heterocycles. The minimum atomic E-state index is -0.675. The summed E-state index contributed by atoms with van der Waals surface area (Å²) in [5.74, 6) is -0.359. The van der Waals surface area contributed by atoms with E-state index < -0.39 is 5.41 Å². The highest BCUT2D eigenvalue weighted by molar-refractivity contribution is 6.00. The molecule has 0 spiro atoms. The second-order valence-corrected chi connectivity index (χ2v) is 10.2. The minimum Gasteiger partial charge on any atom is -0.362 e. The largest absolute Gasteiger partial charge is 0.362 e. The maximum atomic E-state index is 13.6. The Kier molecular flexibility index (Phi) is 4.96. The smallest absolute Gasteiger partial charge is 0.250 e. The van der Waals surface area contributed by atoms with Crippen molar-refractivity contribution in [2.45, 2.75) is 50.7 Å². The number of hydrogen-bond donors (Lipinski definition) is 2. The van der Waals surface area contributed by atoms with Crippen LogP contribution in [-0.4, -0.2) is 27.4 Å². The molecule has 1 amide bonds. The van der Waals surface area contributed by atoms with Crippen molar-refractivity contribution in [3.8, 4) is 16.9 Å². The molecule has 3 aromatic rings. The highest BCUT2D eigenvalue weighted by atomic mass is 19.1. The summed E-state index contributed by atoms with van der Waals surface area (Å²) in [4.78, 5) is 13.6. The summed E-state index contributed by atoms with van der Waals surface area (Å²) in [6.07, 6.45) is 4.60. The van der Waals surface area contributed by atoms with Gasteiger partial charge in [0, 0.05) is 28.8 Å². The number of nitrogens with zero attached hydrogens (tertiary/aromatic N) is 4. The zero-order valence-electron chi connectivity index (χ0n) is 20.4. The summed E-state index contributed by atoms with van der Waals surface area (Å²) in [6, 6.07) is 16.4. The first kappa shape index (κ1) is 22.4. The Labute approximate surface area is 208 Å². The maximum Gasteiger partial charge on any atom is 0.250 e. The fourth-order valence-corrected chi connectivity index (χ4v) is 5.86. The van der Waals surface area contributed by atoms with Crippen molar-refractivity contribution < 1.29 is 9.18 Å². The van der Waals surface area contributed by atoms with Crippen LogP contribution in [0.4, 0.5) is 4.39 Å². The van der Waals surface area contributed by atoms with Crippen LogP contribution < -0.4 is 10.6 Å². The van der Waals surface area contributed by atoms with E-state index in [1.165, 1.54) is 12.1 Å². The number of rotatable bonds is 4. The van der Waals surface area contributed by atoms with E-state index in [0.717, 1.165) is 39.4 Å². The van der Waals surface area contributed by atoms with Gasteiger partial charge in [0.2, 0.25) is 0 Å². The number of nitrogens with one attached hydrogen (secondary N) is 2. The predicted octanol–water partition coefficient (Wildman–Crippen LogP) is 5.16. The zero-order chi connectivity index (χ0) is 25.1. The van der Waals surface area contributed by atoms with Crippen LogP contribution in [0.15, 0.2) is 94.1 Å². The molecule has 3 aliphatic rings. The first-order chi connectivity index (χ1) is 17.3. The van der Waals surface area contributed by atoms with Crippen LogP contribution in [0.2, 0.25) is 0 Å². The van der Waals surface area contributed by atoms with Gasteiger partial charge in [-0.25, -0.2) is 9.07 Å². The van der Waals surface area contributed by atoms with Gasteiger partial charge in [-0.15, -0.1) is 0 Å². The number of azo groups is 1. The van der Waals surface area contributed by atoms with Gasteiger partial charge >= 0.3 is 0 Å². The molecule has 0 radical (unpaired) electrons. The molecule has 182 valence electrons. The fraction of sp³-hybridized carbons (Fsp3) is 0.286. The number of fused-ring (bicyclic) bond motifs is 1. The molecule has 0 bridgehead atoms. The molecule has 2 aromatic carbocycles. The highest BCUT2D eigenvalue weighted by Gasteiger charge is 2.53.